The molecular formula is C16H22F2N2O. The number of rotatable bonds is 3. The van der Waals surface area contributed by atoms with Crippen LogP contribution in [-0.2, 0) is 0 Å². The van der Waals surface area contributed by atoms with Crippen LogP contribution in [0.1, 0.15) is 49.4 Å². The van der Waals surface area contributed by atoms with Crippen LogP contribution in [0.3, 0.4) is 0 Å². The summed E-state index contributed by atoms with van der Waals surface area (Å²) < 4.78 is 26.4. The zero-order valence-electron chi connectivity index (χ0n) is 12.5. The number of nitrogen functional groups attached to an aromatic ring is 1. The highest BCUT2D eigenvalue weighted by atomic mass is 19.2. The Morgan fingerprint density at radius 2 is 1.81 bits per heavy atom. The highest BCUT2D eigenvalue weighted by Crippen LogP contribution is 2.30. The van der Waals surface area contributed by atoms with Crippen molar-refractivity contribution in [2.45, 2.75) is 45.1 Å². The van der Waals surface area contributed by atoms with Crippen molar-refractivity contribution in [1.82, 2.24) is 4.90 Å². The maximum atomic E-state index is 13.3. The van der Waals surface area contributed by atoms with Gasteiger partial charge in [-0.1, -0.05) is 13.3 Å². The molecule has 21 heavy (non-hydrogen) atoms. The highest BCUT2D eigenvalue weighted by molar-refractivity contribution is 5.99. The lowest BCUT2D eigenvalue weighted by Crippen LogP contribution is -2.39. The van der Waals surface area contributed by atoms with Crippen LogP contribution < -0.4 is 5.73 Å². The third kappa shape index (κ3) is 3.34. The third-order valence-electron chi connectivity index (χ3n) is 4.58. The molecule has 0 bridgehead atoms. The van der Waals surface area contributed by atoms with Gasteiger partial charge in [0.2, 0.25) is 0 Å². The van der Waals surface area contributed by atoms with E-state index in [0.717, 1.165) is 43.7 Å². The van der Waals surface area contributed by atoms with Gasteiger partial charge in [0, 0.05) is 24.8 Å². The van der Waals surface area contributed by atoms with Gasteiger partial charge in [0.25, 0.3) is 5.91 Å². The SMILES string of the molecule is CCC1CCC(N(C)C(=O)c2cc(F)c(F)cc2N)CC1. The van der Waals surface area contributed by atoms with E-state index in [9.17, 15) is 13.6 Å². The van der Waals surface area contributed by atoms with Crippen molar-refractivity contribution in [3.63, 3.8) is 0 Å². The normalized spacial score (nSPS) is 22.1. The Morgan fingerprint density at radius 1 is 1.24 bits per heavy atom. The van der Waals surface area contributed by atoms with Crippen LogP contribution >= 0.6 is 0 Å². The second kappa shape index (κ2) is 6.41. The molecule has 0 radical (unpaired) electrons. The minimum atomic E-state index is -1.05. The summed E-state index contributed by atoms with van der Waals surface area (Å²) in [4.78, 5) is 14.1. The van der Waals surface area contributed by atoms with Gasteiger partial charge in [0.15, 0.2) is 11.6 Å². The molecule has 2 rings (SSSR count). The van der Waals surface area contributed by atoms with Crippen LogP contribution in [0.25, 0.3) is 0 Å². The van der Waals surface area contributed by atoms with E-state index in [1.54, 1.807) is 11.9 Å². The Balaban J connectivity index is 2.11. The van der Waals surface area contributed by atoms with E-state index < -0.39 is 11.6 Å². The van der Waals surface area contributed by atoms with Crippen LogP contribution in [0.5, 0.6) is 0 Å². The molecule has 0 atom stereocenters. The number of anilines is 1. The summed E-state index contributed by atoms with van der Waals surface area (Å²) in [5.41, 5.74) is 5.66. The van der Waals surface area contributed by atoms with Crippen molar-refractivity contribution in [2.24, 2.45) is 5.92 Å². The lowest BCUT2D eigenvalue weighted by Gasteiger charge is -2.34. The van der Waals surface area contributed by atoms with E-state index >= 15 is 0 Å². The zero-order chi connectivity index (χ0) is 15.6. The zero-order valence-corrected chi connectivity index (χ0v) is 12.5. The van der Waals surface area contributed by atoms with Gasteiger partial charge in [-0.15, -0.1) is 0 Å². The largest absolute Gasteiger partial charge is 0.398 e. The van der Waals surface area contributed by atoms with Gasteiger partial charge < -0.3 is 10.6 Å². The van der Waals surface area contributed by atoms with E-state index in [4.69, 9.17) is 5.73 Å². The lowest BCUT2D eigenvalue weighted by atomic mass is 9.84. The van der Waals surface area contributed by atoms with Crippen LogP contribution in [-0.4, -0.2) is 23.9 Å². The van der Waals surface area contributed by atoms with E-state index in [1.807, 2.05) is 0 Å². The first-order valence-electron chi connectivity index (χ1n) is 7.45. The van der Waals surface area contributed by atoms with Gasteiger partial charge in [-0.2, -0.15) is 0 Å². The van der Waals surface area contributed by atoms with Gasteiger partial charge >= 0.3 is 0 Å². The Kier molecular flexibility index (Phi) is 4.80. The van der Waals surface area contributed by atoms with E-state index in [1.165, 1.54) is 6.42 Å². The van der Waals surface area contributed by atoms with Gasteiger partial charge in [-0.3, -0.25) is 4.79 Å². The number of carbonyl (C=O) groups excluding carboxylic acids is 1. The summed E-state index contributed by atoms with van der Waals surface area (Å²) in [6.45, 7) is 2.18. The van der Waals surface area contributed by atoms with Crippen LogP contribution in [0, 0.1) is 17.6 Å². The molecule has 0 unspecified atom stereocenters. The number of nitrogens with zero attached hydrogens (tertiary/aromatic N) is 1. The quantitative estimate of drug-likeness (QED) is 0.866. The average molecular weight is 296 g/mol. The molecule has 0 heterocycles. The number of nitrogens with two attached hydrogens (primary N) is 1. The molecule has 2 N–H and O–H groups in total. The van der Waals surface area contributed by atoms with Crippen molar-refractivity contribution in [3.8, 4) is 0 Å². The summed E-state index contributed by atoms with van der Waals surface area (Å²) in [5, 5.41) is 0. The van der Waals surface area contributed by atoms with Gasteiger partial charge in [0.05, 0.1) is 5.56 Å². The minimum absolute atomic E-state index is 0.0204. The Bertz CT molecular complexity index is 525. The fourth-order valence-corrected chi connectivity index (χ4v) is 3.04. The average Bonchev–Trinajstić information content (AvgIpc) is 2.49. The summed E-state index contributed by atoms with van der Waals surface area (Å²) >= 11 is 0. The molecule has 1 amide bonds. The second-order valence-corrected chi connectivity index (χ2v) is 5.85. The van der Waals surface area contributed by atoms with Crippen molar-refractivity contribution in [3.05, 3.63) is 29.3 Å². The Labute approximate surface area is 124 Å². The molecule has 3 nitrogen and oxygen atoms in total. The molecule has 1 aromatic rings. The topological polar surface area (TPSA) is 46.3 Å². The van der Waals surface area contributed by atoms with E-state index in [0.29, 0.717) is 0 Å². The molecule has 0 aliphatic heterocycles. The molecule has 1 aromatic carbocycles. The molecule has 1 aliphatic rings. The first-order chi connectivity index (χ1) is 9.93. The maximum absolute atomic E-state index is 13.3. The standard InChI is InChI=1S/C16H22F2N2O/c1-3-10-4-6-11(7-5-10)20(2)16(21)12-8-13(17)14(18)9-15(12)19/h8-11H,3-7,19H2,1-2H3. The van der Waals surface area contributed by atoms with Crippen LogP contribution in [0.2, 0.25) is 0 Å². The minimum Gasteiger partial charge on any atom is -0.398 e. The van der Waals surface area contributed by atoms with Gasteiger partial charge in [-0.05, 0) is 37.7 Å². The number of hydrogen-bond donors (Lipinski definition) is 1. The molecule has 0 spiro atoms. The fourth-order valence-electron chi connectivity index (χ4n) is 3.04. The van der Waals surface area contributed by atoms with E-state index in [2.05, 4.69) is 6.92 Å². The lowest BCUT2D eigenvalue weighted by molar-refractivity contribution is 0.0675. The molecule has 116 valence electrons. The third-order valence-corrected chi connectivity index (χ3v) is 4.58. The molecule has 0 saturated heterocycles. The molecule has 1 fully saturated rings. The smallest absolute Gasteiger partial charge is 0.256 e. The summed E-state index contributed by atoms with van der Waals surface area (Å²) in [6, 6.07) is 1.90. The molecule has 0 aromatic heterocycles. The molecule has 1 aliphatic carbocycles. The predicted molar refractivity (Wildman–Crippen MR) is 78.9 cm³/mol. The first-order valence-corrected chi connectivity index (χ1v) is 7.45. The van der Waals surface area contributed by atoms with Crippen molar-refractivity contribution in [2.75, 3.05) is 12.8 Å². The molecule has 1 saturated carbocycles. The van der Waals surface area contributed by atoms with E-state index in [-0.39, 0.29) is 23.2 Å². The summed E-state index contributed by atoms with van der Waals surface area (Å²) in [5.74, 6) is -1.68. The van der Waals surface area contributed by atoms with Crippen molar-refractivity contribution in [1.29, 1.82) is 0 Å². The molecular weight excluding hydrogens is 274 g/mol. The van der Waals surface area contributed by atoms with Gasteiger partial charge in [0.1, 0.15) is 0 Å². The number of benzene rings is 1. The first kappa shape index (κ1) is 15.7. The number of halogens is 2. The second-order valence-electron chi connectivity index (χ2n) is 5.85. The fraction of sp³-hybridized carbons (Fsp3) is 0.562. The van der Waals surface area contributed by atoms with Gasteiger partial charge in [-0.25, -0.2) is 8.78 Å². The van der Waals surface area contributed by atoms with Crippen LogP contribution in [0.4, 0.5) is 14.5 Å². The maximum Gasteiger partial charge on any atom is 0.256 e. The Morgan fingerprint density at radius 3 is 2.38 bits per heavy atom. The summed E-state index contributed by atoms with van der Waals surface area (Å²) in [6.07, 6.45) is 5.27. The highest BCUT2D eigenvalue weighted by Gasteiger charge is 2.27. The van der Waals surface area contributed by atoms with Crippen molar-refractivity contribution < 1.29 is 13.6 Å². The predicted octanol–water partition coefficient (Wildman–Crippen LogP) is 3.59. The number of carbonyl (C=O) groups is 1. The number of hydrogen-bond acceptors (Lipinski definition) is 2. The Hall–Kier alpha value is -1.65. The van der Waals surface area contributed by atoms with Crippen LogP contribution in [0.15, 0.2) is 12.1 Å². The number of amides is 1. The monoisotopic (exact) mass is 296 g/mol. The van der Waals surface area contributed by atoms with Crippen molar-refractivity contribution >= 4 is 11.6 Å². The summed E-state index contributed by atoms with van der Waals surface area (Å²) in [7, 11) is 1.71. The molecule has 5 heteroatoms.